The highest BCUT2D eigenvalue weighted by Crippen LogP contribution is 2.34. The van der Waals surface area contributed by atoms with Crippen LogP contribution in [-0.2, 0) is 0 Å². The van der Waals surface area contributed by atoms with Gasteiger partial charge < -0.3 is 5.32 Å². The molecule has 1 N–H and O–H groups in total. The fraction of sp³-hybridized carbons (Fsp3) is 1.00. The summed E-state index contributed by atoms with van der Waals surface area (Å²) in [7, 11) is 0. The lowest BCUT2D eigenvalue weighted by Crippen LogP contribution is -2.31. The quantitative estimate of drug-likeness (QED) is 0.639. The van der Waals surface area contributed by atoms with Crippen LogP contribution in [-0.4, -0.2) is 12.6 Å². The lowest BCUT2D eigenvalue weighted by Gasteiger charge is -2.18. The molecule has 0 aromatic heterocycles. The SMILES string of the molecule is CCCNC(CCC(C)C)C1CC1. The molecule has 1 nitrogen and oxygen atoms in total. The molecule has 1 rings (SSSR count). The molecule has 13 heavy (non-hydrogen) atoms. The maximum atomic E-state index is 3.69. The molecule has 1 aliphatic rings. The second kappa shape index (κ2) is 5.64. The molecule has 0 amide bonds. The predicted octanol–water partition coefficient (Wildman–Crippen LogP) is 3.20. The molecule has 0 aromatic carbocycles. The Morgan fingerprint density at radius 1 is 1.23 bits per heavy atom. The molecule has 0 radical (unpaired) electrons. The minimum absolute atomic E-state index is 0.836. The Bertz CT molecular complexity index is 127. The first kappa shape index (κ1) is 11.0. The smallest absolute Gasteiger partial charge is 0.00954 e. The van der Waals surface area contributed by atoms with Crippen molar-refractivity contribution in [2.75, 3.05) is 6.54 Å². The van der Waals surface area contributed by atoms with Gasteiger partial charge >= 0.3 is 0 Å². The third-order valence-electron chi connectivity index (χ3n) is 2.90. The number of hydrogen-bond donors (Lipinski definition) is 1. The van der Waals surface area contributed by atoms with E-state index in [2.05, 4.69) is 26.1 Å². The average molecular weight is 183 g/mol. The van der Waals surface area contributed by atoms with Gasteiger partial charge in [-0.2, -0.15) is 0 Å². The summed E-state index contributed by atoms with van der Waals surface area (Å²) in [4.78, 5) is 0. The van der Waals surface area contributed by atoms with Crippen molar-refractivity contribution in [1.82, 2.24) is 5.32 Å². The van der Waals surface area contributed by atoms with E-state index < -0.39 is 0 Å². The number of hydrogen-bond acceptors (Lipinski definition) is 1. The summed E-state index contributed by atoms with van der Waals surface area (Å²) >= 11 is 0. The van der Waals surface area contributed by atoms with E-state index in [9.17, 15) is 0 Å². The molecule has 1 heteroatoms. The normalized spacial score (nSPS) is 19.4. The van der Waals surface area contributed by atoms with Crippen molar-refractivity contribution < 1.29 is 0 Å². The first-order valence-corrected chi connectivity index (χ1v) is 5.97. The van der Waals surface area contributed by atoms with Crippen LogP contribution in [0.3, 0.4) is 0 Å². The van der Waals surface area contributed by atoms with Gasteiger partial charge in [-0.15, -0.1) is 0 Å². The largest absolute Gasteiger partial charge is 0.314 e. The van der Waals surface area contributed by atoms with Crippen molar-refractivity contribution in [2.45, 2.75) is 58.9 Å². The molecule has 0 saturated heterocycles. The van der Waals surface area contributed by atoms with Crippen LogP contribution in [0.15, 0.2) is 0 Å². The first-order valence-electron chi connectivity index (χ1n) is 5.97. The molecular formula is C12H25N. The summed E-state index contributed by atoms with van der Waals surface area (Å²) in [5.41, 5.74) is 0. The maximum absolute atomic E-state index is 3.69. The third-order valence-corrected chi connectivity index (χ3v) is 2.90. The Morgan fingerprint density at radius 2 is 1.92 bits per heavy atom. The summed E-state index contributed by atoms with van der Waals surface area (Å²) < 4.78 is 0. The topological polar surface area (TPSA) is 12.0 Å². The monoisotopic (exact) mass is 183 g/mol. The molecule has 1 aliphatic carbocycles. The van der Waals surface area contributed by atoms with E-state index >= 15 is 0 Å². The second-order valence-corrected chi connectivity index (χ2v) is 4.87. The van der Waals surface area contributed by atoms with Gasteiger partial charge in [0.15, 0.2) is 0 Å². The Balaban J connectivity index is 2.13. The van der Waals surface area contributed by atoms with E-state index in [-0.39, 0.29) is 0 Å². The van der Waals surface area contributed by atoms with E-state index in [4.69, 9.17) is 0 Å². The van der Waals surface area contributed by atoms with Gasteiger partial charge in [-0.05, 0) is 50.5 Å². The molecule has 1 unspecified atom stereocenters. The Morgan fingerprint density at radius 3 is 2.38 bits per heavy atom. The van der Waals surface area contributed by atoms with Gasteiger partial charge in [0.1, 0.15) is 0 Å². The van der Waals surface area contributed by atoms with Crippen molar-refractivity contribution in [2.24, 2.45) is 11.8 Å². The predicted molar refractivity (Wildman–Crippen MR) is 58.9 cm³/mol. The van der Waals surface area contributed by atoms with Crippen molar-refractivity contribution in [3.05, 3.63) is 0 Å². The third kappa shape index (κ3) is 4.66. The summed E-state index contributed by atoms with van der Waals surface area (Å²) in [6, 6.07) is 0.836. The van der Waals surface area contributed by atoms with E-state index in [0.717, 1.165) is 17.9 Å². The van der Waals surface area contributed by atoms with E-state index in [1.165, 1.54) is 38.6 Å². The van der Waals surface area contributed by atoms with E-state index in [0.29, 0.717) is 0 Å². The first-order chi connectivity index (χ1) is 6.24. The fourth-order valence-electron chi connectivity index (χ4n) is 1.85. The average Bonchev–Trinajstić information content (AvgIpc) is 2.87. The van der Waals surface area contributed by atoms with Gasteiger partial charge in [0, 0.05) is 6.04 Å². The van der Waals surface area contributed by atoms with Crippen LogP contribution in [0.5, 0.6) is 0 Å². The molecule has 0 spiro atoms. The molecule has 0 aliphatic heterocycles. The Kier molecular flexibility index (Phi) is 4.79. The zero-order chi connectivity index (χ0) is 9.68. The lowest BCUT2D eigenvalue weighted by atomic mass is 10.0. The molecule has 0 aromatic rings. The molecular weight excluding hydrogens is 158 g/mol. The van der Waals surface area contributed by atoms with Crippen LogP contribution in [0.2, 0.25) is 0 Å². The summed E-state index contributed by atoms with van der Waals surface area (Å²) in [6.07, 6.45) is 6.99. The van der Waals surface area contributed by atoms with Crippen LogP contribution in [0.4, 0.5) is 0 Å². The molecule has 1 fully saturated rings. The highest BCUT2D eigenvalue weighted by molar-refractivity contribution is 4.86. The van der Waals surface area contributed by atoms with Crippen LogP contribution in [0, 0.1) is 11.8 Å². The second-order valence-electron chi connectivity index (χ2n) is 4.87. The van der Waals surface area contributed by atoms with Crippen molar-refractivity contribution >= 4 is 0 Å². The Hall–Kier alpha value is -0.0400. The summed E-state index contributed by atoms with van der Waals surface area (Å²) in [6.45, 7) is 8.10. The van der Waals surface area contributed by atoms with Gasteiger partial charge in [0.2, 0.25) is 0 Å². The standard InChI is InChI=1S/C12H25N/c1-4-9-13-12(11-6-7-11)8-5-10(2)3/h10-13H,4-9H2,1-3H3. The minimum Gasteiger partial charge on any atom is -0.314 e. The van der Waals surface area contributed by atoms with Crippen molar-refractivity contribution in [3.63, 3.8) is 0 Å². The fourth-order valence-corrected chi connectivity index (χ4v) is 1.85. The molecule has 0 heterocycles. The van der Waals surface area contributed by atoms with Gasteiger partial charge in [-0.1, -0.05) is 20.8 Å². The van der Waals surface area contributed by atoms with E-state index in [1.807, 2.05) is 0 Å². The van der Waals surface area contributed by atoms with Gasteiger partial charge in [0.25, 0.3) is 0 Å². The molecule has 1 saturated carbocycles. The minimum atomic E-state index is 0.836. The molecule has 1 atom stereocenters. The highest BCUT2D eigenvalue weighted by Gasteiger charge is 2.30. The van der Waals surface area contributed by atoms with E-state index in [1.54, 1.807) is 0 Å². The lowest BCUT2D eigenvalue weighted by molar-refractivity contribution is 0.396. The zero-order valence-electron chi connectivity index (χ0n) is 9.47. The van der Waals surface area contributed by atoms with Gasteiger partial charge in [-0.3, -0.25) is 0 Å². The molecule has 0 bridgehead atoms. The highest BCUT2D eigenvalue weighted by atomic mass is 14.9. The summed E-state index contributed by atoms with van der Waals surface area (Å²) in [5.74, 6) is 1.88. The maximum Gasteiger partial charge on any atom is 0.00954 e. The zero-order valence-corrected chi connectivity index (χ0v) is 9.47. The van der Waals surface area contributed by atoms with Crippen molar-refractivity contribution in [1.29, 1.82) is 0 Å². The number of nitrogens with one attached hydrogen (secondary N) is 1. The van der Waals surface area contributed by atoms with Gasteiger partial charge in [0.05, 0.1) is 0 Å². The molecule has 78 valence electrons. The van der Waals surface area contributed by atoms with Crippen LogP contribution < -0.4 is 5.32 Å². The Labute approximate surface area is 83.3 Å². The van der Waals surface area contributed by atoms with Crippen molar-refractivity contribution in [3.8, 4) is 0 Å². The number of rotatable bonds is 7. The van der Waals surface area contributed by atoms with Crippen LogP contribution in [0.25, 0.3) is 0 Å². The van der Waals surface area contributed by atoms with Crippen LogP contribution in [0.1, 0.15) is 52.9 Å². The van der Waals surface area contributed by atoms with Gasteiger partial charge in [-0.25, -0.2) is 0 Å². The summed E-state index contributed by atoms with van der Waals surface area (Å²) in [5, 5.41) is 3.69. The van der Waals surface area contributed by atoms with Crippen LogP contribution >= 0.6 is 0 Å².